The fourth-order valence-electron chi connectivity index (χ4n) is 1.78. The number of hydrogen-bond acceptors (Lipinski definition) is 3. The molecule has 1 rings (SSSR count). The van der Waals surface area contributed by atoms with Gasteiger partial charge in [-0.3, -0.25) is 4.79 Å². The predicted molar refractivity (Wildman–Crippen MR) is 83.3 cm³/mol. The van der Waals surface area contributed by atoms with Gasteiger partial charge in [0.05, 0.1) is 6.61 Å². The minimum absolute atomic E-state index is 0.109. The Hall–Kier alpha value is -1.68. The van der Waals surface area contributed by atoms with Gasteiger partial charge < -0.3 is 9.84 Å². The molecule has 0 saturated heterocycles. The van der Waals surface area contributed by atoms with Crippen LogP contribution in [0.2, 0.25) is 0 Å². The lowest BCUT2D eigenvalue weighted by Gasteiger charge is -2.16. The van der Waals surface area contributed by atoms with Crippen LogP contribution in [0.1, 0.15) is 38.3 Å². The van der Waals surface area contributed by atoms with Gasteiger partial charge in [0.15, 0.2) is 0 Å². The molecule has 0 amide bonds. The van der Waals surface area contributed by atoms with Gasteiger partial charge in [-0.1, -0.05) is 32.6 Å². The average Bonchev–Trinajstić information content (AvgIpc) is 2.45. The molecule has 0 radical (unpaired) electrons. The highest BCUT2D eigenvalue weighted by Gasteiger charge is 2.14. The summed E-state index contributed by atoms with van der Waals surface area (Å²) in [6, 6.07) is 4.93. The summed E-state index contributed by atoms with van der Waals surface area (Å²) < 4.78 is 18.6. The fourth-order valence-corrected chi connectivity index (χ4v) is 1.78. The quantitative estimate of drug-likeness (QED) is 0.814. The van der Waals surface area contributed by atoms with Gasteiger partial charge in [-0.25, -0.2) is 4.39 Å². The third kappa shape index (κ3) is 7.04. The Labute approximate surface area is 126 Å². The summed E-state index contributed by atoms with van der Waals surface area (Å²) in [7, 11) is 0. The van der Waals surface area contributed by atoms with Gasteiger partial charge in [0, 0.05) is 25.0 Å². The lowest BCUT2D eigenvalue weighted by molar-refractivity contribution is -0.142. The normalized spacial score (nSPS) is 11.1. The topological polar surface area (TPSA) is 46.5 Å². The molecule has 1 N–H and O–H groups in total. The van der Waals surface area contributed by atoms with E-state index in [0.29, 0.717) is 17.6 Å². The maximum Gasteiger partial charge on any atom is 0.302 e. The van der Waals surface area contributed by atoms with Crippen LogP contribution < -0.4 is 0 Å². The number of aliphatic hydroxyl groups is 1. The molecular formula is C17H25FO3. The van der Waals surface area contributed by atoms with Gasteiger partial charge in [-0.05, 0) is 30.5 Å². The van der Waals surface area contributed by atoms with E-state index in [4.69, 9.17) is 4.74 Å². The second-order valence-corrected chi connectivity index (χ2v) is 4.64. The third-order valence-corrected chi connectivity index (χ3v) is 2.82. The van der Waals surface area contributed by atoms with Crippen molar-refractivity contribution >= 4 is 11.5 Å². The number of aryl methyl sites for hydroxylation is 1. The zero-order valence-electron chi connectivity index (χ0n) is 13.3. The van der Waals surface area contributed by atoms with Crippen molar-refractivity contribution in [1.29, 1.82) is 0 Å². The van der Waals surface area contributed by atoms with Gasteiger partial charge in [-0.15, -0.1) is 0 Å². The van der Waals surface area contributed by atoms with Crippen molar-refractivity contribution in [3.05, 3.63) is 41.7 Å². The van der Waals surface area contributed by atoms with Crippen LogP contribution in [0.25, 0.3) is 5.57 Å². The molecule has 0 heterocycles. The molecule has 0 aromatic heterocycles. The largest absolute Gasteiger partial charge is 0.465 e. The molecule has 4 heteroatoms. The molecule has 3 nitrogen and oxygen atoms in total. The monoisotopic (exact) mass is 296 g/mol. The fraction of sp³-hybridized carbons (Fsp3) is 0.471. The number of rotatable bonds is 6. The number of esters is 1. The number of aliphatic hydroxyl groups excluding tert-OH is 1. The highest BCUT2D eigenvalue weighted by molar-refractivity contribution is 5.66. The smallest absolute Gasteiger partial charge is 0.302 e. The summed E-state index contributed by atoms with van der Waals surface area (Å²) in [6.45, 7) is 10.9. The first-order valence-corrected chi connectivity index (χ1v) is 7.12. The Balaban J connectivity index is 0.00000191. The number of carbonyl (C=O) groups is 1. The molecule has 118 valence electrons. The van der Waals surface area contributed by atoms with Crippen LogP contribution in [-0.2, 0) is 9.53 Å². The maximum absolute atomic E-state index is 13.8. The minimum atomic E-state index is -0.398. The molecule has 1 atom stereocenters. The van der Waals surface area contributed by atoms with Crippen LogP contribution in [0.4, 0.5) is 4.39 Å². The Morgan fingerprint density at radius 3 is 2.52 bits per heavy atom. The number of benzene rings is 1. The van der Waals surface area contributed by atoms with Gasteiger partial charge in [0.1, 0.15) is 5.82 Å². The van der Waals surface area contributed by atoms with Crippen molar-refractivity contribution in [3.8, 4) is 0 Å². The van der Waals surface area contributed by atoms with Crippen molar-refractivity contribution in [2.45, 2.75) is 34.1 Å². The van der Waals surface area contributed by atoms with E-state index >= 15 is 0 Å². The van der Waals surface area contributed by atoms with Crippen molar-refractivity contribution in [2.24, 2.45) is 5.92 Å². The minimum Gasteiger partial charge on any atom is -0.465 e. The molecule has 1 aromatic rings. The number of halogens is 1. The van der Waals surface area contributed by atoms with E-state index in [-0.39, 0.29) is 24.9 Å². The van der Waals surface area contributed by atoms with E-state index in [1.165, 1.54) is 13.0 Å². The summed E-state index contributed by atoms with van der Waals surface area (Å²) in [5.41, 5.74) is 1.86. The van der Waals surface area contributed by atoms with Crippen LogP contribution in [0.15, 0.2) is 24.8 Å². The zero-order chi connectivity index (χ0) is 16.4. The zero-order valence-corrected chi connectivity index (χ0v) is 13.3. The first kappa shape index (κ1) is 19.3. The summed E-state index contributed by atoms with van der Waals surface area (Å²) in [6.07, 6.45) is 0.379. The molecule has 0 bridgehead atoms. The molecule has 0 spiro atoms. The highest BCUT2D eigenvalue weighted by atomic mass is 19.1. The molecular weight excluding hydrogens is 271 g/mol. The average molecular weight is 296 g/mol. The molecule has 0 unspecified atom stereocenters. The summed E-state index contributed by atoms with van der Waals surface area (Å²) in [4.78, 5) is 10.7. The van der Waals surface area contributed by atoms with Crippen molar-refractivity contribution in [2.75, 3.05) is 13.2 Å². The first-order chi connectivity index (χ1) is 9.93. The Morgan fingerprint density at radius 2 is 2.05 bits per heavy atom. The molecule has 0 aliphatic carbocycles. The van der Waals surface area contributed by atoms with E-state index in [0.717, 1.165) is 5.56 Å². The second-order valence-electron chi connectivity index (χ2n) is 4.64. The van der Waals surface area contributed by atoms with Gasteiger partial charge >= 0.3 is 5.97 Å². The number of hydrogen-bond donors (Lipinski definition) is 1. The molecule has 1 aromatic carbocycles. The van der Waals surface area contributed by atoms with E-state index in [1.807, 2.05) is 26.8 Å². The van der Waals surface area contributed by atoms with Crippen LogP contribution in [0.3, 0.4) is 0 Å². The summed E-state index contributed by atoms with van der Waals surface area (Å²) in [5.74, 6) is -0.989. The van der Waals surface area contributed by atoms with E-state index in [9.17, 15) is 14.3 Å². The van der Waals surface area contributed by atoms with Gasteiger partial charge in [-0.2, -0.15) is 0 Å². The van der Waals surface area contributed by atoms with Gasteiger partial charge in [0.2, 0.25) is 0 Å². The standard InChI is InChI=1S/C15H19FO3.C2H6/c1-10-4-5-14(15(16)6-10)11(2)7-13(8-17)9-19-12(3)18;1-2/h4-6,13,17H,2,7-9H2,1,3H3;1-2H3/t13-;/m0./s1. The maximum atomic E-state index is 13.8. The third-order valence-electron chi connectivity index (χ3n) is 2.82. The Bertz CT molecular complexity index is 469. The van der Waals surface area contributed by atoms with Crippen molar-refractivity contribution in [3.63, 3.8) is 0 Å². The Kier molecular flexibility index (Phi) is 9.30. The van der Waals surface area contributed by atoms with Gasteiger partial charge in [0.25, 0.3) is 0 Å². The molecule has 0 fully saturated rings. The number of ether oxygens (including phenoxy) is 1. The second kappa shape index (κ2) is 10.1. The lowest BCUT2D eigenvalue weighted by Crippen LogP contribution is -2.16. The summed E-state index contributed by atoms with van der Waals surface area (Å²) >= 11 is 0. The molecule has 0 saturated carbocycles. The van der Waals surface area contributed by atoms with Crippen LogP contribution in [0.5, 0.6) is 0 Å². The molecule has 0 aliphatic heterocycles. The first-order valence-electron chi connectivity index (χ1n) is 7.12. The molecule has 21 heavy (non-hydrogen) atoms. The van der Waals surface area contributed by atoms with Crippen LogP contribution in [-0.4, -0.2) is 24.3 Å². The van der Waals surface area contributed by atoms with Crippen molar-refractivity contribution < 1.29 is 19.0 Å². The van der Waals surface area contributed by atoms with E-state index in [1.54, 1.807) is 6.07 Å². The van der Waals surface area contributed by atoms with Crippen molar-refractivity contribution in [1.82, 2.24) is 0 Å². The number of carbonyl (C=O) groups excluding carboxylic acids is 1. The summed E-state index contributed by atoms with van der Waals surface area (Å²) in [5, 5.41) is 9.22. The number of allylic oxidation sites excluding steroid dienone is 1. The van der Waals surface area contributed by atoms with E-state index in [2.05, 4.69) is 6.58 Å². The van der Waals surface area contributed by atoms with Crippen LogP contribution in [0, 0.1) is 18.7 Å². The van der Waals surface area contributed by atoms with E-state index < -0.39 is 5.97 Å². The van der Waals surface area contributed by atoms with Crippen LogP contribution >= 0.6 is 0 Å². The molecule has 0 aliphatic rings. The SMILES string of the molecule is C=C(C[C@@H](CO)COC(C)=O)c1ccc(C)cc1F.CC. The highest BCUT2D eigenvalue weighted by Crippen LogP contribution is 2.24. The predicted octanol–water partition coefficient (Wildman–Crippen LogP) is 3.74. The lowest BCUT2D eigenvalue weighted by atomic mass is 9.95. The Morgan fingerprint density at radius 1 is 1.43 bits per heavy atom.